The summed E-state index contributed by atoms with van der Waals surface area (Å²) in [6.45, 7) is 0. The number of aromatic amines is 1. The van der Waals surface area contributed by atoms with Crippen LogP contribution in [0.5, 0.6) is 0 Å². The van der Waals surface area contributed by atoms with E-state index in [1.807, 2.05) is 31.3 Å². The molecule has 4 aromatic rings. The van der Waals surface area contributed by atoms with Gasteiger partial charge in [0.2, 0.25) is 5.95 Å². The number of rotatable bonds is 5. The van der Waals surface area contributed by atoms with Crippen LogP contribution in [0.3, 0.4) is 0 Å². The summed E-state index contributed by atoms with van der Waals surface area (Å²) in [6.07, 6.45) is 5.00. The maximum Gasteiger partial charge on any atom is 0.251 e. The predicted molar refractivity (Wildman–Crippen MR) is 116 cm³/mol. The number of aromatic nitrogens is 5. The molecule has 1 saturated carbocycles. The number of carbonyl (C=O) groups excluding carboxylic acids is 1. The van der Waals surface area contributed by atoms with Crippen molar-refractivity contribution in [3.05, 3.63) is 53.2 Å². The van der Waals surface area contributed by atoms with Crippen LogP contribution in [0, 0.1) is 0 Å². The van der Waals surface area contributed by atoms with Crippen LogP contribution < -0.4 is 10.6 Å². The standard InChI is InChI=1S/C21H20ClN7O/c1-29-21(25-17-10-9-16-15(18(17)22)11-23-27-16)26-19(28-29)12-5-7-13(8-6-12)20(30)24-14-3-2-4-14/h5-11,14H,2-4H2,1H3,(H,23,27)(H,24,30)(H,25,26,28). The lowest BCUT2D eigenvalue weighted by Crippen LogP contribution is -2.39. The maximum atomic E-state index is 12.3. The molecule has 1 aliphatic carbocycles. The van der Waals surface area contributed by atoms with Gasteiger partial charge < -0.3 is 10.6 Å². The molecule has 8 nitrogen and oxygen atoms in total. The topological polar surface area (TPSA) is 101 Å². The van der Waals surface area contributed by atoms with E-state index in [2.05, 4.69) is 30.9 Å². The zero-order chi connectivity index (χ0) is 20.7. The van der Waals surface area contributed by atoms with Gasteiger partial charge in [-0.2, -0.15) is 10.1 Å². The first-order valence-electron chi connectivity index (χ1n) is 9.79. The van der Waals surface area contributed by atoms with E-state index in [0.29, 0.717) is 28.4 Å². The molecule has 1 fully saturated rings. The minimum atomic E-state index is -0.0353. The molecule has 9 heteroatoms. The van der Waals surface area contributed by atoms with E-state index in [-0.39, 0.29) is 5.91 Å². The highest BCUT2D eigenvalue weighted by atomic mass is 35.5. The molecule has 0 unspecified atom stereocenters. The van der Waals surface area contributed by atoms with Crippen molar-refractivity contribution >= 4 is 40.0 Å². The Balaban J connectivity index is 1.35. The molecule has 5 rings (SSSR count). The first kappa shape index (κ1) is 18.6. The molecule has 0 atom stereocenters. The highest BCUT2D eigenvalue weighted by molar-refractivity contribution is 6.38. The first-order valence-corrected chi connectivity index (χ1v) is 10.2. The monoisotopic (exact) mass is 421 g/mol. The average Bonchev–Trinajstić information content (AvgIpc) is 3.34. The minimum Gasteiger partial charge on any atom is -0.349 e. The molecule has 0 saturated heterocycles. The summed E-state index contributed by atoms with van der Waals surface area (Å²) in [6, 6.07) is 11.4. The van der Waals surface area contributed by atoms with E-state index in [1.165, 1.54) is 6.42 Å². The Morgan fingerprint density at radius 2 is 2.00 bits per heavy atom. The van der Waals surface area contributed by atoms with Crippen molar-refractivity contribution in [2.24, 2.45) is 7.05 Å². The van der Waals surface area contributed by atoms with Crippen molar-refractivity contribution in [3.8, 4) is 11.4 Å². The summed E-state index contributed by atoms with van der Waals surface area (Å²) in [7, 11) is 1.81. The van der Waals surface area contributed by atoms with Gasteiger partial charge in [0, 0.05) is 29.6 Å². The number of carbonyl (C=O) groups is 1. The second-order valence-corrected chi connectivity index (χ2v) is 7.82. The summed E-state index contributed by atoms with van der Waals surface area (Å²) in [5, 5.41) is 19.1. The minimum absolute atomic E-state index is 0.0353. The molecule has 1 amide bonds. The summed E-state index contributed by atoms with van der Waals surface area (Å²) in [4.78, 5) is 16.9. The molecule has 0 radical (unpaired) electrons. The highest BCUT2D eigenvalue weighted by Crippen LogP contribution is 2.32. The summed E-state index contributed by atoms with van der Waals surface area (Å²) >= 11 is 6.49. The Morgan fingerprint density at radius 1 is 1.20 bits per heavy atom. The number of aryl methyl sites for hydroxylation is 1. The second-order valence-electron chi connectivity index (χ2n) is 7.44. The number of amides is 1. The molecular weight excluding hydrogens is 402 g/mol. The maximum absolute atomic E-state index is 12.3. The van der Waals surface area contributed by atoms with Gasteiger partial charge in [-0.25, -0.2) is 4.68 Å². The van der Waals surface area contributed by atoms with Crippen LogP contribution in [0.15, 0.2) is 42.6 Å². The number of nitrogens with zero attached hydrogens (tertiary/aromatic N) is 4. The van der Waals surface area contributed by atoms with Gasteiger partial charge in [-0.15, -0.1) is 5.10 Å². The van der Waals surface area contributed by atoms with Crippen molar-refractivity contribution in [3.63, 3.8) is 0 Å². The van der Waals surface area contributed by atoms with E-state index < -0.39 is 0 Å². The van der Waals surface area contributed by atoms with Gasteiger partial charge in [0.15, 0.2) is 5.82 Å². The highest BCUT2D eigenvalue weighted by Gasteiger charge is 2.20. The lowest BCUT2D eigenvalue weighted by atomic mass is 9.93. The van der Waals surface area contributed by atoms with Gasteiger partial charge >= 0.3 is 0 Å². The summed E-state index contributed by atoms with van der Waals surface area (Å²) < 4.78 is 1.66. The molecule has 2 heterocycles. The lowest BCUT2D eigenvalue weighted by Gasteiger charge is -2.26. The van der Waals surface area contributed by atoms with Gasteiger partial charge in [0.05, 0.1) is 22.4 Å². The molecule has 3 N–H and O–H groups in total. The van der Waals surface area contributed by atoms with E-state index in [9.17, 15) is 4.79 Å². The van der Waals surface area contributed by atoms with Crippen LogP contribution in [0.1, 0.15) is 29.6 Å². The quantitative estimate of drug-likeness (QED) is 0.451. The Bertz CT molecular complexity index is 1220. The fourth-order valence-corrected chi connectivity index (χ4v) is 3.67. The molecule has 0 spiro atoms. The summed E-state index contributed by atoms with van der Waals surface area (Å²) in [5.41, 5.74) is 3.05. The number of H-pyrrole nitrogens is 1. The van der Waals surface area contributed by atoms with Gasteiger partial charge in [-0.05, 0) is 43.5 Å². The molecule has 0 bridgehead atoms. The van der Waals surface area contributed by atoms with Gasteiger partial charge in [0.1, 0.15) is 0 Å². The van der Waals surface area contributed by atoms with Crippen LogP contribution >= 0.6 is 11.6 Å². The molecular formula is C21H20ClN7O. The van der Waals surface area contributed by atoms with Crippen molar-refractivity contribution in [1.29, 1.82) is 0 Å². The van der Waals surface area contributed by atoms with E-state index in [0.717, 1.165) is 35.0 Å². The van der Waals surface area contributed by atoms with Crippen LogP contribution in [-0.2, 0) is 7.05 Å². The molecule has 2 aromatic carbocycles. The van der Waals surface area contributed by atoms with Crippen molar-refractivity contribution in [1.82, 2.24) is 30.3 Å². The second kappa shape index (κ2) is 7.46. The zero-order valence-electron chi connectivity index (χ0n) is 16.3. The fraction of sp³-hybridized carbons (Fsp3) is 0.238. The molecule has 0 aliphatic heterocycles. The van der Waals surface area contributed by atoms with E-state index in [1.54, 1.807) is 23.0 Å². The molecule has 2 aromatic heterocycles. The van der Waals surface area contributed by atoms with E-state index in [4.69, 9.17) is 11.6 Å². The third-order valence-electron chi connectivity index (χ3n) is 5.41. The molecule has 30 heavy (non-hydrogen) atoms. The van der Waals surface area contributed by atoms with Gasteiger partial charge in [-0.1, -0.05) is 23.7 Å². The van der Waals surface area contributed by atoms with Crippen LogP contribution in [-0.4, -0.2) is 36.9 Å². The Kier molecular flexibility index (Phi) is 4.63. The zero-order valence-corrected chi connectivity index (χ0v) is 17.1. The Labute approximate surface area is 177 Å². The third kappa shape index (κ3) is 3.39. The van der Waals surface area contributed by atoms with Crippen LogP contribution in [0.25, 0.3) is 22.3 Å². The first-order chi connectivity index (χ1) is 14.6. The number of halogens is 1. The third-order valence-corrected chi connectivity index (χ3v) is 5.82. The normalized spacial score (nSPS) is 13.9. The molecule has 152 valence electrons. The summed E-state index contributed by atoms with van der Waals surface area (Å²) in [5.74, 6) is 1.08. The predicted octanol–water partition coefficient (Wildman–Crippen LogP) is 4.04. The van der Waals surface area contributed by atoms with Crippen LogP contribution in [0.2, 0.25) is 5.02 Å². The smallest absolute Gasteiger partial charge is 0.251 e. The number of nitrogens with one attached hydrogen (secondary N) is 3. The fourth-order valence-electron chi connectivity index (χ4n) is 3.41. The number of hydrogen-bond acceptors (Lipinski definition) is 5. The SMILES string of the molecule is Cn1nc(-c2ccc(C(=O)NC3CCC3)cc2)nc1Nc1ccc2[nH]ncc2c1Cl. The largest absolute Gasteiger partial charge is 0.349 e. The number of benzene rings is 2. The van der Waals surface area contributed by atoms with Crippen LogP contribution in [0.4, 0.5) is 11.6 Å². The lowest BCUT2D eigenvalue weighted by molar-refractivity contribution is 0.0917. The van der Waals surface area contributed by atoms with Gasteiger partial charge in [0.25, 0.3) is 5.91 Å². The average molecular weight is 422 g/mol. The van der Waals surface area contributed by atoms with Gasteiger partial charge in [-0.3, -0.25) is 9.89 Å². The number of anilines is 2. The van der Waals surface area contributed by atoms with Crippen molar-refractivity contribution in [2.45, 2.75) is 25.3 Å². The number of hydrogen-bond donors (Lipinski definition) is 3. The molecule has 1 aliphatic rings. The Morgan fingerprint density at radius 3 is 2.73 bits per heavy atom. The Hall–Kier alpha value is -3.39. The van der Waals surface area contributed by atoms with Crippen molar-refractivity contribution in [2.75, 3.05) is 5.32 Å². The van der Waals surface area contributed by atoms with E-state index >= 15 is 0 Å². The van der Waals surface area contributed by atoms with Crippen molar-refractivity contribution < 1.29 is 4.79 Å². The number of fused-ring (bicyclic) bond motifs is 1.